The molecule has 126 valence electrons. The molecule has 0 aromatic heterocycles. The Hall–Kier alpha value is -2.34. The predicted octanol–water partition coefficient (Wildman–Crippen LogP) is 3.91. The minimum atomic E-state index is -0.177. The van der Waals surface area contributed by atoms with Crippen molar-refractivity contribution in [1.29, 1.82) is 0 Å². The number of benzene rings is 2. The molecular weight excluding hydrogens is 372 g/mol. The van der Waals surface area contributed by atoms with E-state index in [2.05, 4.69) is 26.6 Å². The lowest BCUT2D eigenvalue weighted by Crippen LogP contribution is -2.26. The number of carbonyl (C=O) groups is 2. The molecule has 5 nitrogen and oxygen atoms in total. The second-order valence-corrected chi connectivity index (χ2v) is 6.20. The van der Waals surface area contributed by atoms with Gasteiger partial charge in [-0.2, -0.15) is 0 Å². The lowest BCUT2D eigenvalue weighted by Gasteiger charge is -2.16. The second-order valence-electron chi connectivity index (χ2n) is 5.35. The molecular formula is C18H19BrN2O3. The van der Waals surface area contributed by atoms with Crippen LogP contribution in [-0.4, -0.2) is 18.9 Å². The van der Waals surface area contributed by atoms with Crippen molar-refractivity contribution in [3.05, 3.63) is 58.1 Å². The van der Waals surface area contributed by atoms with Crippen LogP contribution in [0.2, 0.25) is 0 Å². The fraction of sp³-hybridized carbons (Fsp3) is 0.222. The van der Waals surface area contributed by atoms with Crippen LogP contribution in [-0.2, 0) is 4.79 Å². The van der Waals surface area contributed by atoms with Crippen molar-refractivity contribution in [1.82, 2.24) is 5.32 Å². The number of hydrogen-bond acceptors (Lipinski definition) is 3. The zero-order valence-corrected chi connectivity index (χ0v) is 15.3. The Morgan fingerprint density at radius 2 is 1.79 bits per heavy atom. The standard InChI is InChI=1S/C18H19BrN2O3/c1-11(14-6-9-17(24-3)16(19)10-14)20-18(23)13-4-7-15(8-5-13)21-12(2)22/h4-11H,1-3H3,(H,20,23)(H,21,22). The Bertz CT molecular complexity index is 744. The first-order valence-electron chi connectivity index (χ1n) is 7.42. The molecule has 6 heteroatoms. The summed E-state index contributed by atoms with van der Waals surface area (Å²) in [5.74, 6) is 0.417. The van der Waals surface area contributed by atoms with Crippen LogP contribution in [0.3, 0.4) is 0 Å². The molecule has 0 aliphatic carbocycles. The number of methoxy groups -OCH3 is 1. The number of amides is 2. The van der Waals surface area contributed by atoms with E-state index >= 15 is 0 Å². The van der Waals surface area contributed by atoms with Gasteiger partial charge in [-0.05, 0) is 64.8 Å². The zero-order chi connectivity index (χ0) is 17.7. The molecule has 24 heavy (non-hydrogen) atoms. The van der Waals surface area contributed by atoms with E-state index < -0.39 is 0 Å². The van der Waals surface area contributed by atoms with Crippen LogP contribution in [0.1, 0.15) is 35.8 Å². The molecule has 2 aromatic carbocycles. The third kappa shape index (κ3) is 4.58. The average Bonchev–Trinajstić information content (AvgIpc) is 2.54. The summed E-state index contributed by atoms with van der Waals surface area (Å²) < 4.78 is 6.04. The Balaban J connectivity index is 2.05. The van der Waals surface area contributed by atoms with Crippen LogP contribution >= 0.6 is 15.9 Å². The molecule has 2 amide bonds. The van der Waals surface area contributed by atoms with Crippen LogP contribution in [0, 0.1) is 0 Å². The topological polar surface area (TPSA) is 67.4 Å². The largest absolute Gasteiger partial charge is 0.496 e. The number of hydrogen-bond donors (Lipinski definition) is 2. The Morgan fingerprint density at radius 3 is 2.33 bits per heavy atom. The number of ether oxygens (including phenoxy) is 1. The number of halogens is 1. The third-order valence-corrected chi connectivity index (χ3v) is 4.11. The molecule has 1 unspecified atom stereocenters. The average molecular weight is 391 g/mol. The second kappa shape index (κ2) is 7.97. The minimum Gasteiger partial charge on any atom is -0.496 e. The maximum atomic E-state index is 12.3. The van der Waals surface area contributed by atoms with Gasteiger partial charge in [-0.3, -0.25) is 9.59 Å². The van der Waals surface area contributed by atoms with Crippen molar-refractivity contribution in [3.63, 3.8) is 0 Å². The molecule has 0 fully saturated rings. The van der Waals surface area contributed by atoms with E-state index in [0.29, 0.717) is 11.3 Å². The molecule has 0 saturated carbocycles. The maximum Gasteiger partial charge on any atom is 0.251 e. The van der Waals surface area contributed by atoms with E-state index in [0.717, 1.165) is 15.8 Å². The number of carbonyl (C=O) groups excluding carboxylic acids is 2. The van der Waals surface area contributed by atoms with Crippen molar-refractivity contribution >= 4 is 33.4 Å². The quantitative estimate of drug-likeness (QED) is 0.812. The highest BCUT2D eigenvalue weighted by atomic mass is 79.9. The highest BCUT2D eigenvalue weighted by Gasteiger charge is 2.13. The van der Waals surface area contributed by atoms with Gasteiger partial charge in [0, 0.05) is 18.2 Å². The summed E-state index contributed by atoms with van der Waals surface area (Å²) in [6, 6.07) is 12.3. The normalized spacial score (nSPS) is 11.5. The summed E-state index contributed by atoms with van der Waals surface area (Å²) in [6.07, 6.45) is 0. The lowest BCUT2D eigenvalue weighted by molar-refractivity contribution is -0.114. The summed E-state index contributed by atoms with van der Waals surface area (Å²) in [4.78, 5) is 23.3. The molecule has 2 N–H and O–H groups in total. The van der Waals surface area contributed by atoms with E-state index in [1.54, 1.807) is 31.4 Å². The molecule has 0 radical (unpaired) electrons. The molecule has 2 aromatic rings. The summed E-state index contributed by atoms with van der Waals surface area (Å²) in [7, 11) is 1.61. The van der Waals surface area contributed by atoms with Gasteiger partial charge in [0.2, 0.25) is 5.91 Å². The van der Waals surface area contributed by atoms with Gasteiger partial charge in [-0.1, -0.05) is 6.07 Å². The smallest absolute Gasteiger partial charge is 0.251 e. The molecule has 0 bridgehead atoms. The first kappa shape index (κ1) is 18.0. The van der Waals surface area contributed by atoms with Crippen LogP contribution in [0.5, 0.6) is 5.75 Å². The molecule has 0 saturated heterocycles. The maximum absolute atomic E-state index is 12.3. The van der Waals surface area contributed by atoms with E-state index in [-0.39, 0.29) is 17.9 Å². The van der Waals surface area contributed by atoms with Crippen LogP contribution < -0.4 is 15.4 Å². The van der Waals surface area contributed by atoms with Gasteiger partial charge < -0.3 is 15.4 Å². The highest BCUT2D eigenvalue weighted by molar-refractivity contribution is 9.10. The molecule has 0 aliphatic heterocycles. The van der Waals surface area contributed by atoms with Gasteiger partial charge in [0.15, 0.2) is 0 Å². The Kier molecular flexibility index (Phi) is 5.98. The summed E-state index contributed by atoms with van der Waals surface area (Å²) >= 11 is 3.44. The summed E-state index contributed by atoms with van der Waals surface area (Å²) in [6.45, 7) is 3.35. The van der Waals surface area contributed by atoms with Crippen LogP contribution in [0.25, 0.3) is 0 Å². The fourth-order valence-electron chi connectivity index (χ4n) is 2.22. The number of rotatable bonds is 5. The van der Waals surface area contributed by atoms with E-state index in [9.17, 15) is 9.59 Å². The van der Waals surface area contributed by atoms with Crippen molar-refractivity contribution in [2.75, 3.05) is 12.4 Å². The molecule has 0 heterocycles. The Morgan fingerprint density at radius 1 is 1.12 bits per heavy atom. The van der Waals surface area contributed by atoms with Gasteiger partial charge in [0.25, 0.3) is 5.91 Å². The van der Waals surface area contributed by atoms with Crippen LogP contribution in [0.4, 0.5) is 5.69 Å². The van der Waals surface area contributed by atoms with Gasteiger partial charge in [-0.15, -0.1) is 0 Å². The Labute approximate surface area is 149 Å². The molecule has 1 atom stereocenters. The van der Waals surface area contributed by atoms with Gasteiger partial charge in [0.1, 0.15) is 5.75 Å². The SMILES string of the molecule is COc1ccc(C(C)NC(=O)c2ccc(NC(C)=O)cc2)cc1Br. The zero-order valence-electron chi connectivity index (χ0n) is 13.7. The van der Waals surface area contributed by atoms with E-state index in [1.165, 1.54) is 6.92 Å². The highest BCUT2D eigenvalue weighted by Crippen LogP contribution is 2.28. The number of nitrogens with one attached hydrogen (secondary N) is 2. The van der Waals surface area contributed by atoms with Crippen molar-refractivity contribution in [3.8, 4) is 5.75 Å². The van der Waals surface area contributed by atoms with E-state index in [1.807, 2.05) is 25.1 Å². The summed E-state index contributed by atoms with van der Waals surface area (Å²) in [5.41, 5.74) is 2.15. The minimum absolute atomic E-state index is 0.147. The third-order valence-electron chi connectivity index (χ3n) is 3.49. The molecule has 2 rings (SSSR count). The summed E-state index contributed by atoms with van der Waals surface area (Å²) in [5, 5.41) is 5.62. The van der Waals surface area contributed by atoms with E-state index in [4.69, 9.17) is 4.74 Å². The van der Waals surface area contributed by atoms with Gasteiger partial charge in [-0.25, -0.2) is 0 Å². The van der Waals surface area contributed by atoms with Gasteiger partial charge >= 0.3 is 0 Å². The van der Waals surface area contributed by atoms with Gasteiger partial charge in [0.05, 0.1) is 17.6 Å². The monoisotopic (exact) mass is 390 g/mol. The fourth-order valence-corrected chi connectivity index (χ4v) is 2.78. The number of anilines is 1. The first-order chi connectivity index (χ1) is 11.4. The van der Waals surface area contributed by atoms with Crippen molar-refractivity contribution in [2.45, 2.75) is 19.9 Å². The molecule has 0 spiro atoms. The first-order valence-corrected chi connectivity index (χ1v) is 8.22. The molecule has 0 aliphatic rings. The van der Waals surface area contributed by atoms with Crippen molar-refractivity contribution in [2.24, 2.45) is 0 Å². The van der Waals surface area contributed by atoms with Crippen molar-refractivity contribution < 1.29 is 14.3 Å². The predicted molar refractivity (Wildman–Crippen MR) is 97.3 cm³/mol. The lowest BCUT2D eigenvalue weighted by atomic mass is 10.1. The van der Waals surface area contributed by atoms with Crippen LogP contribution in [0.15, 0.2) is 46.9 Å².